The summed E-state index contributed by atoms with van der Waals surface area (Å²) in [5, 5.41) is 15.6. The van der Waals surface area contributed by atoms with E-state index in [0.717, 1.165) is 10.7 Å². The zero-order chi connectivity index (χ0) is 25.6. The number of carbonyl (C=O) groups excluding carboxylic acids is 1. The monoisotopic (exact) mass is 512 g/mol. The highest BCUT2D eigenvalue weighted by atomic mass is 32.1. The number of thiophene rings is 1. The molecule has 3 heterocycles. The summed E-state index contributed by atoms with van der Waals surface area (Å²) in [6.45, 7) is 0. The predicted molar refractivity (Wildman–Crippen MR) is 122 cm³/mol. The number of methoxy groups -OCH3 is 1. The largest absolute Gasteiger partial charge is 0.539 e. The molecular weight excluding hydrogens is 497 g/mol. The van der Waals surface area contributed by atoms with Crippen LogP contribution in [0.25, 0.3) is 27.2 Å². The molecule has 5 aromatic rings. The first-order chi connectivity index (χ1) is 17.2. The van der Waals surface area contributed by atoms with Gasteiger partial charge in [0.15, 0.2) is 5.95 Å². The van der Waals surface area contributed by atoms with Gasteiger partial charge in [-0.1, -0.05) is 30.3 Å². The molecule has 0 atom stereocenters. The van der Waals surface area contributed by atoms with Crippen molar-refractivity contribution in [2.75, 3.05) is 12.8 Å². The third kappa shape index (κ3) is 3.90. The Labute approximate surface area is 205 Å². The number of benzene rings is 2. The lowest BCUT2D eigenvalue weighted by Crippen LogP contribution is -2.39. The quantitative estimate of drug-likeness (QED) is 0.278. The van der Waals surface area contributed by atoms with Gasteiger partial charge >= 0.3 is 11.9 Å². The molecular formula is C24H15F3N4O4S. The number of nitrogen functional groups attached to an aromatic ring is 1. The Hall–Kier alpha value is -4.45. The van der Waals surface area contributed by atoms with E-state index in [4.69, 9.17) is 15.0 Å². The summed E-state index contributed by atoms with van der Waals surface area (Å²) < 4.78 is 52.8. The van der Waals surface area contributed by atoms with Crippen molar-refractivity contribution in [1.82, 2.24) is 10.3 Å². The van der Waals surface area contributed by atoms with Crippen LogP contribution in [0.3, 0.4) is 0 Å². The Balaban J connectivity index is 1.68. The molecule has 2 aromatic carbocycles. The number of hydrogen-bond acceptors (Lipinski definition) is 8. The van der Waals surface area contributed by atoms with E-state index in [1.165, 1.54) is 19.2 Å². The van der Waals surface area contributed by atoms with E-state index in [0.29, 0.717) is 28.3 Å². The Kier molecular flexibility index (Phi) is 5.59. The molecule has 0 aliphatic rings. The van der Waals surface area contributed by atoms with Gasteiger partial charge in [0.05, 0.1) is 29.3 Å². The van der Waals surface area contributed by atoms with E-state index in [-0.39, 0.29) is 15.4 Å². The number of carbonyl (C=O) groups is 1. The van der Waals surface area contributed by atoms with Crippen LogP contribution in [0.1, 0.15) is 20.9 Å². The maximum absolute atomic E-state index is 14.0. The Morgan fingerprint density at radius 2 is 1.83 bits per heavy atom. The molecule has 2 N–H and O–H groups in total. The van der Waals surface area contributed by atoms with Crippen LogP contribution in [0.15, 0.2) is 65.2 Å². The number of anilines is 1. The molecule has 0 saturated carbocycles. The van der Waals surface area contributed by atoms with Gasteiger partial charge in [0, 0.05) is 23.1 Å². The molecule has 12 heteroatoms. The second kappa shape index (κ2) is 8.64. The van der Waals surface area contributed by atoms with Gasteiger partial charge in [-0.15, -0.1) is 11.3 Å². The van der Waals surface area contributed by atoms with Gasteiger partial charge in [0.2, 0.25) is 5.69 Å². The maximum atomic E-state index is 14.0. The Morgan fingerprint density at radius 3 is 2.47 bits per heavy atom. The first-order valence-electron chi connectivity index (χ1n) is 10.3. The lowest BCUT2D eigenvalue weighted by atomic mass is 10.0. The van der Waals surface area contributed by atoms with E-state index in [2.05, 4.69) is 10.3 Å². The summed E-state index contributed by atoms with van der Waals surface area (Å²) in [4.78, 5) is 17.4. The van der Waals surface area contributed by atoms with Gasteiger partial charge in [-0.3, -0.25) is 4.79 Å². The number of ether oxygens (including phenoxy) is 1. The molecule has 5 rings (SSSR count). The van der Waals surface area contributed by atoms with Gasteiger partial charge in [-0.05, 0) is 22.9 Å². The predicted octanol–water partition coefficient (Wildman–Crippen LogP) is 4.14. The molecule has 182 valence electrons. The fourth-order valence-electron chi connectivity index (χ4n) is 3.71. The normalized spacial score (nSPS) is 11.7. The number of ketones is 1. The fourth-order valence-corrected chi connectivity index (χ4v) is 4.78. The van der Waals surface area contributed by atoms with Crippen molar-refractivity contribution >= 4 is 33.0 Å². The average molecular weight is 512 g/mol. The number of nitrogens with two attached hydrogens (primary N) is 1. The molecule has 0 radical (unpaired) electrons. The second-order valence-corrected chi connectivity index (χ2v) is 8.59. The van der Waals surface area contributed by atoms with Crippen LogP contribution in [0.5, 0.6) is 11.7 Å². The molecule has 0 fully saturated rings. The topological polar surface area (TPSA) is 118 Å². The molecule has 0 aliphatic carbocycles. The first kappa shape index (κ1) is 23.3. The lowest BCUT2D eigenvalue weighted by Gasteiger charge is -2.11. The zero-order valence-corrected chi connectivity index (χ0v) is 19.2. The fraction of sp³-hybridized carbons (Fsp3) is 0.0833. The highest BCUT2D eigenvalue weighted by molar-refractivity contribution is 7.21. The van der Waals surface area contributed by atoms with Gasteiger partial charge in [-0.25, -0.2) is 4.98 Å². The summed E-state index contributed by atoms with van der Waals surface area (Å²) in [5.41, 5.74) is 4.93. The standard InChI is InChI=1S/C24H15F3N4O4S/c1-34-14-9-7-13(8-10-14)31-19(23(33)35-30-31)20(32)21-18(28)17-15(24(25,26)27)11-16(29-22(17)36-21)12-5-3-2-4-6-12/h2-11H,1H3,(H2-,28,30,32,33). The van der Waals surface area contributed by atoms with Crippen molar-refractivity contribution < 1.29 is 37.0 Å². The minimum absolute atomic E-state index is 0.0680. The number of halogens is 3. The molecule has 8 nitrogen and oxygen atoms in total. The molecule has 0 bridgehead atoms. The number of rotatable bonds is 5. The summed E-state index contributed by atoms with van der Waals surface area (Å²) in [6.07, 6.45) is -4.77. The van der Waals surface area contributed by atoms with Crippen molar-refractivity contribution in [3.05, 3.63) is 76.8 Å². The van der Waals surface area contributed by atoms with Crippen LogP contribution in [-0.2, 0) is 6.18 Å². The van der Waals surface area contributed by atoms with Crippen molar-refractivity contribution in [3.8, 4) is 28.6 Å². The minimum Gasteiger partial charge on any atom is -0.539 e. The van der Waals surface area contributed by atoms with Crippen LogP contribution >= 0.6 is 11.3 Å². The summed E-state index contributed by atoms with van der Waals surface area (Å²) in [7, 11) is 1.47. The SMILES string of the molecule is COc1ccc(-[n+]2noc([O-])c2C(=O)c2sc3nc(-c4ccccc4)cc(C(F)(F)F)c3c2N)cc1. The molecule has 0 aliphatic heterocycles. The van der Waals surface area contributed by atoms with Crippen LogP contribution in [0.4, 0.5) is 18.9 Å². The van der Waals surface area contributed by atoms with Crippen LogP contribution < -0.4 is 20.3 Å². The summed E-state index contributed by atoms with van der Waals surface area (Å²) >= 11 is 0.661. The average Bonchev–Trinajstić information content (AvgIpc) is 3.43. The first-order valence-corrected chi connectivity index (χ1v) is 11.1. The molecule has 3 aromatic heterocycles. The highest BCUT2D eigenvalue weighted by Crippen LogP contribution is 2.44. The summed E-state index contributed by atoms with van der Waals surface area (Å²) in [6, 6.07) is 15.4. The number of alkyl halides is 3. The smallest absolute Gasteiger partial charge is 0.417 e. The van der Waals surface area contributed by atoms with Crippen molar-refractivity contribution in [3.63, 3.8) is 0 Å². The molecule has 36 heavy (non-hydrogen) atoms. The number of aromatic nitrogens is 3. The van der Waals surface area contributed by atoms with E-state index in [1.807, 2.05) is 0 Å². The number of fused-ring (bicyclic) bond motifs is 1. The molecule has 0 saturated heterocycles. The summed E-state index contributed by atoms with van der Waals surface area (Å²) in [5.74, 6) is -1.49. The van der Waals surface area contributed by atoms with E-state index in [9.17, 15) is 23.1 Å². The van der Waals surface area contributed by atoms with Crippen molar-refractivity contribution in [2.45, 2.75) is 6.18 Å². The van der Waals surface area contributed by atoms with Gasteiger partial charge < -0.3 is 20.1 Å². The van der Waals surface area contributed by atoms with Crippen LogP contribution in [0.2, 0.25) is 0 Å². The van der Waals surface area contributed by atoms with Gasteiger partial charge in [0.1, 0.15) is 15.5 Å². The van der Waals surface area contributed by atoms with E-state index in [1.54, 1.807) is 42.5 Å². The van der Waals surface area contributed by atoms with Crippen molar-refractivity contribution in [2.24, 2.45) is 0 Å². The number of hydrogen-bond donors (Lipinski definition) is 1. The Morgan fingerprint density at radius 1 is 1.14 bits per heavy atom. The molecule has 0 unspecified atom stereocenters. The van der Waals surface area contributed by atoms with Gasteiger partial charge in [-0.2, -0.15) is 13.2 Å². The van der Waals surface area contributed by atoms with E-state index < -0.39 is 40.2 Å². The Bertz CT molecular complexity index is 1600. The van der Waals surface area contributed by atoms with Crippen LogP contribution in [-0.4, -0.2) is 23.1 Å². The number of nitrogens with zero attached hydrogens (tertiary/aromatic N) is 3. The van der Waals surface area contributed by atoms with Crippen molar-refractivity contribution in [1.29, 1.82) is 0 Å². The lowest BCUT2D eigenvalue weighted by molar-refractivity contribution is -0.672. The third-order valence-corrected chi connectivity index (χ3v) is 6.52. The third-order valence-electron chi connectivity index (χ3n) is 5.42. The highest BCUT2D eigenvalue weighted by Gasteiger charge is 2.38. The zero-order valence-electron chi connectivity index (χ0n) is 18.4. The van der Waals surface area contributed by atoms with Crippen LogP contribution in [0, 0.1) is 0 Å². The van der Waals surface area contributed by atoms with Gasteiger partial charge in [0.25, 0.3) is 5.78 Å². The molecule has 0 amide bonds. The second-order valence-electron chi connectivity index (χ2n) is 7.59. The molecule has 0 spiro atoms. The number of pyridine rings is 1. The minimum atomic E-state index is -4.77. The van der Waals surface area contributed by atoms with E-state index >= 15 is 0 Å². The maximum Gasteiger partial charge on any atom is 0.417 e.